The molecule has 0 aliphatic heterocycles. The number of carbonyl (C=O) groups is 1. The van der Waals surface area contributed by atoms with Crippen LogP contribution in [0.2, 0.25) is 0 Å². The topological polar surface area (TPSA) is 82.3 Å². The van der Waals surface area contributed by atoms with Gasteiger partial charge in [0.2, 0.25) is 0 Å². The van der Waals surface area contributed by atoms with Crippen molar-refractivity contribution in [3.8, 4) is 22.9 Å². The fourth-order valence-corrected chi connectivity index (χ4v) is 3.10. The van der Waals surface area contributed by atoms with Gasteiger partial charge in [-0.25, -0.2) is 4.79 Å². The van der Waals surface area contributed by atoms with Crippen molar-refractivity contribution >= 4 is 11.7 Å². The second-order valence-corrected chi connectivity index (χ2v) is 6.79. The van der Waals surface area contributed by atoms with E-state index in [1.807, 2.05) is 49.4 Å². The summed E-state index contributed by atoms with van der Waals surface area (Å²) in [4.78, 5) is 12.3. The molecular weight excluding hydrogens is 364 g/mol. The Morgan fingerprint density at radius 2 is 1.76 bits per heavy atom. The summed E-state index contributed by atoms with van der Waals surface area (Å²) in [5.41, 5.74) is 2.14. The third-order valence-electron chi connectivity index (χ3n) is 4.74. The Morgan fingerprint density at radius 3 is 2.34 bits per heavy atom. The molecule has 0 bridgehead atoms. The van der Waals surface area contributed by atoms with Gasteiger partial charge in [0, 0.05) is 5.69 Å². The normalized spacial score (nSPS) is 12.4. The van der Waals surface area contributed by atoms with E-state index in [9.17, 15) is 9.90 Å². The highest BCUT2D eigenvalue weighted by Crippen LogP contribution is 2.34. The van der Waals surface area contributed by atoms with E-state index >= 15 is 0 Å². The van der Waals surface area contributed by atoms with Gasteiger partial charge >= 0.3 is 5.97 Å². The van der Waals surface area contributed by atoms with Crippen molar-refractivity contribution in [3.05, 3.63) is 83.9 Å². The average Bonchev–Trinajstić information content (AvgIpc) is 2.74. The summed E-state index contributed by atoms with van der Waals surface area (Å²) in [5.74, 6) is -0.410. The Hall–Kier alpha value is -3.78. The number of rotatable bonds is 7. The number of nitriles is 1. The molecule has 146 valence electrons. The van der Waals surface area contributed by atoms with Crippen LogP contribution in [-0.2, 0) is 10.3 Å². The standard InChI is InChI=1S/C24H22N2O3/c1-3-29-22-14-19(18-7-5-4-6-8-18)13-20(15-22)24(2,23(27)28)26-21-11-9-17(16-25)10-12-21/h4-15,26H,3H2,1-2H3,(H,27,28). The van der Waals surface area contributed by atoms with Crippen LogP contribution in [0.3, 0.4) is 0 Å². The lowest BCUT2D eigenvalue weighted by Crippen LogP contribution is -2.40. The van der Waals surface area contributed by atoms with Crippen LogP contribution in [0.25, 0.3) is 11.1 Å². The summed E-state index contributed by atoms with van der Waals surface area (Å²) in [7, 11) is 0. The Labute approximate surface area is 170 Å². The summed E-state index contributed by atoms with van der Waals surface area (Å²) >= 11 is 0. The molecule has 3 aromatic carbocycles. The van der Waals surface area contributed by atoms with Gasteiger partial charge in [-0.2, -0.15) is 5.26 Å². The molecule has 0 aliphatic rings. The summed E-state index contributed by atoms with van der Waals surface area (Å²) in [5, 5.41) is 22.1. The predicted molar refractivity (Wildman–Crippen MR) is 113 cm³/mol. The minimum atomic E-state index is -1.40. The summed E-state index contributed by atoms with van der Waals surface area (Å²) in [6.45, 7) is 3.98. The van der Waals surface area contributed by atoms with Gasteiger partial charge in [0.1, 0.15) is 5.75 Å². The minimum Gasteiger partial charge on any atom is -0.494 e. The van der Waals surface area contributed by atoms with Gasteiger partial charge in [-0.05, 0) is 73.0 Å². The number of hydrogen-bond acceptors (Lipinski definition) is 4. The number of ether oxygens (including phenoxy) is 1. The molecule has 0 aliphatic carbocycles. The third kappa shape index (κ3) is 4.39. The fraction of sp³-hybridized carbons (Fsp3) is 0.167. The maximum Gasteiger partial charge on any atom is 0.333 e. The van der Waals surface area contributed by atoms with Crippen LogP contribution in [0, 0.1) is 11.3 Å². The van der Waals surface area contributed by atoms with Crippen LogP contribution in [-0.4, -0.2) is 17.7 Å². The summed E-state index contributed by atoms with van der Waals surface area (Å²) < 4.78 is 5.71. The second-order valence-electron chi connectivity index (χ2n) is 6.79. The van der Waals surface area contributed by atoms with E-state index < -0.39 is 11.5 Å². The van der Waals surface area contributed by atoms with E-state index in [2.05, 4.69) is 11.4 Å². The highest BCUT2D eigenvalue weighted by atomic mass is 16.5. The van der Waals surface area contributed by atoms with Crippen molar-refractivity contribution in [1.82, 2.24) is 0 Å². The molecule has 1 unspecified atom stereocenters. The van der Waals surface area contributed by atoms with E-state index in [-0.39, 0.29) is 0 Å². The van der Waals surface area contributed by atoms with Crippen LogP contribution in [0.1, 0.15) is 25.0 Å². The van der Waals surface area contributed by atoms with Gasteiger partial charge in [0.15, 0.2) is 5.54 Å². The molecule has 0 fully saturated rings. The lowest BCUT2D eigenvalue weighted by Gasteiger charge is -2.29. The summed E-state index contributed by atoms with van der Waals surface area (Å²) in [6, 6.07) is 24.0. The lowest BCUT2D eigenvalue weighted by atomic mass is 9.88. The van der Waals surface area contributed by atoms with Gasteiger partial charge in [0.25, 0.3) is 0 Å². The molecule has 2 N–H and O–H groups in total. The quantitative estimate of drug-likeness (QED) is 0.595. The Morgan fingerprint density at radius 1 is 1.07 bits per heavy atom. The Bertz CT molecular complexity index is 1040. The van der Waals surface area contributed by atoms with Crippen molar-refractivity contribution in [2.24, 2.45) is 0 Å². The average molecular weight is 386 g/mol. The lowest BCUT2D eigenvalue weighted by molar-refractivity contribution is -0.142. The van der Waals surface area contributed by atoms with E-state index in [4.69, 9.17) is 10.00 Å². The van der Waals surface area contributed by atoms with Crippen LogP contribution < -0.4 is 10.1 Å². The number of nitrogens with zero attached hydrogens (tertiary/aromatic N) is 1. The van der Waals surface area contributed by atoms with Gasteiger partial charge in [0.05, 0.1) is 18.2 Å². The van der Waals surface area contributed by atoms with Gasteiger partial charge < -0.3 is 15.2 Å². The predicted octanol–water partition coefficient (Wildman–Crippen LogP) is 5.04. The van der Waals surface area contributed by atoms with Gasteiger partial charge in [-0.15, -0.1) is 0 Å². The number of aliphatic carboxylic acids is 1. The second kappa shape index (κ2) is 8.49. The number of anilines is 1. The molecule has 0 saturated heterocycles. The molecule has 0 radical (unpaired) electrons. The molecule has 3 aromatic rings. The zero-order chi connectivity index (χ0) is 20.9. The summed E-state index contributed by atoms with van der Waals surface area (Å²) in [6.07, 6.45) is 0. The Balaban J connectivity index is 2.08. The smallest absolute Gasteiger partial charge is 0.333 e. The number of nitrogens with one attached hydrogen (secondary N) is 1. The molecule has 5 nitrogen and oxygen atoms in total. The first kappa shape index (κ1) is 20.0. The molecule has 0 aromatic heterocycles. The highest BCUT2D eigenvalue weighted by Gasteiger charge is 2.36. The molecule has 0 amide bonds. The van der Waals surface area contributed by atoms with Gasteiger partial charge in [-0.3, -0.25) is 0 Å². The first-order chi connectivity index (χ1) is 14.0. The van der Waals surface area contributed by atoms with E-state index in [1.165, 1.54) is 0 Å². The molecular formula is C24H22N2O3. The number of benzene rings is 3. The molecule has 0 saturated carbocycles. The highest BCUT2D eigenvalue weighted by molar-refractivity contribution is 5.85. The number of hydrogen-bond donors (Lipinski definition) is 2. The largest absolute Gasteiger partial charge is 0.494 e. The van der Waals surface area contributed by atoms with E-state index in [0.29, 0.717) is 29.2 Å². The molecule has 0 heterocycles. The van der Waals surface area contributed by atoms with Crippen LogP contribution in [0.5, 0.6) is 5.75 Å². The third-order valence-corrected chi connectivity index (χ3v) is 4.74. The fourth-order valence-electron chi connectivity index (χ4n) is 3.10. The van der Waals surface area contributed by atoms with Crippen LogP contribution in [0.15, 0.2) is 72.8 Å². The Kier molecular flexibility index (Phi) is 5.85. The van der Waals surface area contributed by atoms with Crippen molar-refractivity contribution in [2.75, 3.05) is 11.9 Å². The molecule has 1 atom stereocenters. The monoisotopic (exact) mass is 386 g/mol. The zero-order valence-corrected chi connectivity index (χ0v) is 16.3. The SMILES string of the molecule is CCOc1cc(-c2ccccc2)cc(C(C)(Nc2ccc(C#N)cc2)C(=O)O)c1. The minimum absolute atomic E-state index is 0.477. The zero-order valence-electron chi connectivity index (χ0n) is 16.3. The maximum absolute atomic E-state index is 12.3. The van der Waals surface area contributed by atoms with Crippen LogP contribution >= 0.6 is 0 Å². The van der Waals surface area contributed by atoms with E-state index in [1.54, 1.807) is 37.3 Å². The number of carboxylic acids is 1. The van der Waals surface area contributed by atoms with Crippen molar-refractivity contribution in [3.63, 3.8) is 0 Å². The molecule has 29 heavy (non-hydrogen) atoms. The first-order valence-electron chi connectivity index (χ1n) is 9.32. The van der Waals surface area contributed by atoms with Crippen LogP contribution in [0.4, 0.5) is 5.69 Å². The van der Waals surface area contributed by atoms with Gasteiger partial charge in [-0.1, -0.05) is 30.3 Å². The van der Waals surface area contributed by atoms with Crippen molar-refractivity contribution < 1.29 is 14.6 Å². The molecule has 5 heteroatoms. The molecule has 0 spiro atoms. The molecule has 3 rings (SSSR count). The first-order valence-corrected chi connectivity index (χ1v) is 9.32. The maximum atomic E-state index is 12.3. The van der Waals surface area contributed by atoms with Crippen molar-refractivity contribution in [1.29, 1.82) is 5.26 Å². The number of carboxylic acid groups (broad SMARTS) is 1. The van der Waals surface area contributed by atoms with E-state index in [0.717, 1.165) is 11.1 Å². The van der Waals surface area contributed by atoms with Crippen molar-refractivity contribution in [2.45, 2.75) is 19.4 Å².